The minimum atomic E-state index is -0.468. The summed E-state index contributed by atoms with van der Waals surface area (Å²) in [5, 5.41) is 14.6. The lowest BCUT2D eigenvalue weighted by molar-refractivity contribution is -0.385. The Kier molecular flexibility index (Phi) is 4.50. The molecule has 0 radical (unpaired) electrons. The third kappa shape index (κ3) is 3.46. The summed E-state index contributed by atoms with van der Waals surface area (Å²) in [4.78, 5) is 25.1. The third-order valence-electron chi connectivity index (χ3n) is 4.75. The maximum absolute atomic E-state index is 12.6. The van der Waals surface area contributed by atoms with Crippen LogP contribution in [0.25, 0.3) is 0 Å². The standard InChI is InChI=1S/C17H23N3O3/c1-2-5-12-10-15(12)18-13-6-7-16(20(22)23)14(11-13)17(21)19-8-3-4-9-19/h6-7,11-12,15,18H,2-5,8-10H2,1H3. The highest BCUT2D eigenvalue weighted by Gasteiger charge is 2.36. The van der Waals surface area contributed by atoms with E-state index in [-0.39, 0.29) is 17.2 Å². The largest absolute Gasteiger partial charge is 0.382 e. The van der Waals surface area contributed by atoms with Crippen molar-refractivity contribution in [1.82, 2.24) is 4.90 Å². The zero-order chi connectivity index (χ0) is 16.4. The van der Waals surface area contributed by atoms with Crippen LogP contribution in [0.4, 0.5) is 11.4 Å². The Morgan fingerprint density at radius 2 is 2.13 bits per heavy atom. The van der Waals surface area contributed by atoms with Crippen LogP contribution in [0, 0.1) is 16.0 Å². The number of rotatable bonds is 6. The number of hydrogen-bond donors (Lipinski definition) is 1. The number of nitro benzene ring substituents is 1. The van der Waals surface area contributed by atoms with E-state index in [1.54, 1.807) is 17.0 Å². The third-order valence-corrected chi connectivity index (χ3v) is 4.75. The second-order valence-corrected chi connectivity index (χ2v) is 6.52. The van der Waals surface area contributed by atoms with E-state index >= 15 is 0 Å². The maximum Gasteiger partial charge on any atom is 0.282 e. The van der Waals surface area contributed by atoms with Gasteiger partial charge in [0.05, 0.1) is 4.92 Å². The van der Waals surface area contributed by atoms with E-state index in [0.717, 1.165) is 24.9 Å². The Balaban J connectivity index is 1.79. The Morgan fingerprint density at radius 3 is 2.78 bits per heavy atom. The number of nitrogens with one attached hydrogen (secondary N) is 1. The van der Waals surface area contributed by atoms with Gasteiger partial charge < -0.3 is 10.2 Å². The monoisotopic (exact) mass is 317 g/mol. The summed E-state index contributed by atoms with van der Waals surface area (Å²) in [7, 11) is 0. The molecular weight excluding hydrogens is 294 g/mol. The molecule has 2 unspecified atom stereocenters. The molecular formula is C17H23N3O3. The number of likely N-dealkylation sites (tertiary alicyclic amines) is 1. The minimum Gasteiger partial charge on any atom is -0.382 e. The molecule has 1 N–H and O–H groups in total. The summed E-state index contributed by atoms with van der Waals surface area (Å²) in [6.45, 7) is 3.55. The van der Waals surface area contributed by atoms with Crippen molar-refractivity contribution in [3.63, 3.8) is 0 Å². The molecule has 0 bridgehead atoms. The van der Waals surface area contributed by atoms with Crippen LogP contribution < -0.4 is 5.32 Å². The minimum absolute atomic E-state index is 0.103. The van der Waals surface area contributed by atoms with E-state index in [2.05, 4.69) is 12.2 Å². The van der Waals surface area contributed by atoms with Gasteiger partial charge in [-0.1, -0.05) is 13.3 Å². The van der Waals surface area contributed by atoms with Crippen molar-refractivity contribution >= 4 is 17.3 Å². The highest BCUT2D eigenvalue weighted by molar-refractivity contribution is 5.99. The van der Waals surface area contributed by atoms with Gasteiger partial charge in [-0.15, -0.1) is 0 Å². The molecule has 0 aromatic heterocycles. The van der Waals surface area contributed by atoms with Crippen LogP contribution in [0.15, 0.2) is 18.2 Å². The molecule has 1 aromatic carbocycles. The first-order chi connectivity index (χ1) is 11.1. The number of nitro groups is 1. The van der Waals surface area contributed by atoms with E-state index < -0.39 is 4.92 Å². The molecule has 1 amide bonds. The highest BCUT2D eigenvalue weighted by atomic mass is 16.6. The Bertz CT molecular complexity index is 611. The number of anilines is 1. The van der Waals surface area contributed by atoms with Gasteiger partial charge in [-0.25, -0.2) is 0 Å². The summed E-state index contributed by atoms with van der Waals surface area (Å²) in [6.07, 6.45) is 5.45. The number of nitrogens with zero attached hydrogens (tertiary/aromatic N) is 2. The van der Waals surface area contributed by atoms with Crippen molar-refractivity contribution < 1.29 is 9.72 Å². The quantitative estimate of drug-likeness (QED) is 0.644. The lowest BCUT2D eigenvalue weighted by atomic mass is 10.1. The van der Waals surface area contributed by atoms with E-state index in [1.807, 2.05) is 0 Å². The molecule has 2 fully saturated rings. The van der Waals surface area contributed by atoms with Gasteiger partial charge in [-0.2, -0.15) is 0 Å². The van der Waals surface area contributed by atoms with Crippen molar-refractivity contribution in [2.75, 3.05) is 18.4 Å². The molecule has 2 atom stereocenters. The van der Waals surface area contributed by atoms with E-state index in [9.17, 15) is 14.9 Å². The van der Waals surface area contributed by atoms with Crippen molar-refractivity contribution in [2.24, 2.45) is 5.92 Å². The van der Waals surface area contributed by atoms with Crippen molar-refractivity contribution in [3.05, 3.63) is 33.9 Å². The van der Waals surface area contributed by atoms with Gasteiger partial charge in [-0.05, 0) is 43.7 Å². The van der Waals surface area contributed by atoms with E-state index in [4.69, 9.17) is 0 Å². The topological polar surface area (TPSA) is 75.5 Å². The number of carbonyl (C=O) groups is 1. The van der Waals surface area contributed by atoms with Crippen LogP contribution in [0.5, 0.6) is 0 Å². The van der Waals surface area contributed by atoms with Gasteiger partial charge in [0.25, 0.3) is 11.6 Å². The lowest BCUT2D eigenvalue weighted by Gasteiger charge is -2.16. The number of benzene rings is 1. The molecule has 1 aliphatic heterocycles. The molecule has 1 heterocycles. The molecule has 6 heteroatoms. The predicted molar refractivity (Wildman–Crippen MR) is 88.7 cm³/mol. The molecule has 124 valence electrons. The summed E-state index contributed by atoms with van der Waals surface area (Å²) >= 11 is 0. The first-order valence-electron chi connectivity index (χ1n) is 8.44. The van der Waals surface area contributed by atoms with Crippen LogP contribution in [-0.2, 0) is 0 Å². The number of amides is 1. The van der Waals surface area contributed by atoms with Gasteiger partial charge in [-0.3, -0.25) is 14.9 Å². The Hall–Kier alpha value is -2.11. The molecule has 3 rings (SSSR count). The van der Waals surface area contributed by atoms with Gasteiger partial charge in [0.15, 0.2) is 0 Å². The molecule has 1 aliphatic carbocycles. The van der Waals surface area contributed by atoms with Crippen LogP contribution in [0.1, 0.15) is 49.4 Å². The van der Waals surface area contributed by atoms with E-state index in [1.165, 1.54) is 18.9 Å². The fourth-order valence-corrected chi connectivity index (χ4v) is 3.38. The van der Waals surface area contributed by atoms with Gasteiger partial charge in [0.2, 0.25) is 0 Å². The van der Waals surface area contributed by atoms with Gasteiger partial charge in [0.1, 0.15) is 5.56 Å². The second kappa shape index (κ2) is 6.56. The summed E-state index contributed by atoms with van der Waals surface area (Å²) in [5.41, 5.74) is 0.907. The van der Waals surface area contributed by atoms with Crippen LogP contribution in [-0.4, -0.2) is 34.9 Å². The molecule has 1 saturated carbocycles. The van der Waals surface area contributed by atoms with Crippen molar-refractivity contribution in [1.29, 1.82) is 0 Å². The first-order valence-corrected chi connectivity index (χ1v) is 8.44. The molecule has 23 heavy (non-hydrogen) atoms. The van der Waals surface area contributed by atoms with Gasteiger partial charge in [0, 0.05) is 30.9 Å². The second-order valence-electron chi connectivity index (χ2n) is 6.52. The first kappa shape index (κ1) is 15.8. The Labute approximate surface area is 136 Å². The average Bonchev–Trinajstić information content (AvgIpc) is 3.03. The lowest BCUT2D eigenvalue weighted by Crippen LogP contribution is -2.28. The summed E-state index contributed by atoms with van der Waals surface area (Å²) in [6, 6.07) is 5.24. The van der Waals surface area contributed by atoms with E-state index in [0.29, 0.717) is 25.0 Å². The normalized spacial score (nSPS) is 22.9. The predicted octanol–water partition coefficient (Wildman–Crippen LogP) is 3.43. The highest BCUT2D eigenvalue weighted by Crippen LogP contribution is 2.38. The Morgan fingerprint density at radius 1 is 1.39 bits per heavy atom. The number of carbonyl (C=O) groups excluding carboxylic acids is 1. The van der Waals surface area contributed by atoms with Crippen LogP contribution in [0.2, 0.25) is 0 Å². The average molecular weight is 317 g/mol. The smallest absolute Gasteiger partial charge is 0.282 e. The SMILES string of the molecule is CCCC1CC1Nc1ccc([N+](=O)[O-])c(C(=O)N2CCCC2)c1. The number of hydrogen-bond acceptors (Lipinski definition) is 4. The van der Waals surface area contributed by atoms with Crippen LogP contribution in [0.3, 0.4) is 0 Å². The molecule has 1 saturated heterocycles. The summed E-state index contributed by atoms with van der Waals surface area (Å²) in [5.74, 6) is 0.465. The fourth-order valence-electron chi connectivity index (χ4n) is 3.38. The van der Waals surface area contributed by atoms with Gasteiger partial charge >= 0.3 is 0 Å². The molecule has 6 nitrogen and oxygen atoms in total. The van der Waals surface area contributed by atoms with Crippen molar-refractivity contribution in [3.8, 4) is 0 Å². The summed E-state index contributed by atoms with van der Waals surface area (Å²) < 4.78 is 0. The molecule has 1 aromatic rings. The van der Waals surface area contributed by atoms with Crippen LogP contribution >= 0.6 is 0 Å². The zero-order valence-electron chi connectivity index (χ0n) is 13.5. The fraction of sp³-hybridized carbons (Fsp3) is 0.588. The molecule has 2 aliphatic rings. The molecule has 0 spiro atoms. The maximum atomic E-state index is 12.6. The zero-order valence-corrected chi connectivity index (χ0v) is 13.5. The van der Waals surface area contributed by atoms with Crippen molar-refractivity contribution in [2.45, 2.75) is 45.1 Å².